The molecule has 1 fully saturated rings. The Bertz CT molecular complexity index is 796. The van der Waals surface area contributed by atoms with E-state index < -0.39 is 0 Å². The first kappa shape index (κ1) is 13.6. The summed E-state index contributed by atoms with van der Waals surface area (Å²) in [4.78, 5) is 16.7. The SMILES string of the molecule is CC(C)c1nc([C@@H]2CCCN2c2ncnc3sccc23)no1. The zero-order chi connectivity index (χ0) is 15.1. The van der Waals surface area contributed by atoms with E-state index in [0.29, 0.717) is 5.89 Å². The molecule has 1 aliphatic rings. The average Bonchev–Trinajstić information content (AvgIpc) is 3.25. The van der Waals surface area contributed by atoms with Gasteiger partial charge in [-0.2, -0.15) is 4.98 Å². The van der Waals surface area contributed by atoms with E-state index in [4.69, 9.17) is 4.52 Å². The number of anilines is 1. The quantitative estimate of drug-likeness (QED) is 0.736. The fourth-order valence-corrected chi connectivity index (χ4v) is 3.64. The first-order valence-electron chi connectivity index (χ1n) is 7.52. The summed E-state index contributed by atoms with van der Waals surface area (Å²) in [6.07, 6.45) is 3.76. The number of nitrogens with zero attached hydrogens (tertiary/aromatic N) is 5. The molecular formula is C15H17N5OS. The van der Waals surface area contributed by atoms with Gasteiger partial charge in [-0.05, 0) is 24.3 Å². The van der Waals surface area contributed by atoms with Crippen LogP contribution in [0.1, 0.15) is 50.4 Å². The maximum Gasteiger partial charge on any atom is 0.229 e. The molecule has 3 aromatic heterocycles. The van der Waals surface area contributed by atoms with E-state index in [0.717, 1.165) is 41.2 Å². The third-order valence-electron chi connectivity index (χ3n) is 4.01. The van der Waals surface area contributed by atoms with Crippen LogP contribution in [-0.4, -0.2) is 26.7 Å². The highest BCUT2D eigenvalue weighted by atomic mass is 32.1. The lowest BCUT2D eigenvalue weighted by molar-refractivity contribution is 0.358. The summed E-state index contributed by atoms with van der Waals surface area (Å²) < 4.78 is 5.38. The van der Waals surface area contributed by atoms with Gasteiger partial charge in [-0.3, -0.25) is 0 Å². The Morgan fingerprint density at radius 1 is 1.36 bits per heavy atom. The Kier molecular flexibility index (Phi) is 3.29. The van der Waals surface area contributed by atoms with Gasteiger partial charge in [-0.25, -0.2) is 9.97 Å². The van der Waals surface area contributed by atoms with Crippen molar-refractivity contribution in [3.8, 4) is 0 Å². The molecule has 0 saturated carbocycles. The summed E-state index contributed by atoms with van der Waals surface area (Å²) in [6, 6.07) is 2.22. The summed E-state index contributed by atoms with van der Waals surface area (Å²) in [5, 5.41) is 7.35. The highest BCUT2D eigenvalue weighted by molar-refractivity contribution is 7.16. The maximum absolute atomic E-state index is 5.38. The third kappa shape index (κ3) is 2.16. The molecule has 0 aromatic carbocycles. The molecule has 4 heterocycles. The van der Waals surface area contributed by atoms with Crippen LogP contribution in [0.3, 0.4) is 0 Å². The van der Waals surface area contributed by atoms with Crippen molar-refractivity contribution < 1.29 is 4.52 Å². The van der Waals surface area contributed by atoms with E-state index in [1.807, 2.05) is 0 Å². The number of hydrogen-bond acceptors (Lipinski definition) is 7. The van der Waals surface area contributed by atoms with Gasteiger partial charge >= 0.3 is 0 Å². The molecule has 1 aliphatic heterocycles. The van der Waals surface area contributed by atoms with E-state index in [1.165, 1.54) is 0 Å². The highest BCUT2D eigenvalue weighted by Crippen LogP contribution is 2.37. The van der Waals surface area contributed by atoms with Crippen LogP contribution in [-0.2, 0) is 0 Å². The molecule has 7 heteroatoms. The molecule has 3 aromatic rings. The predicted molar refractivity (Wildman–Crippen MR) is 85.1 cm³/mol. The second kappa shape index (κ2) is 5.31. The van der Waals surface area contributed by atoms with Crippen LogP contribution in [0.5, 0.6) is 0 Å². The molecule has 0 radical (unpaired) electrons. The van der Waals surface area contributed by atoms with Crippen molar-refractivity contribution >= 4 is 27.4 Å². The molecule has 0 bridgehead atoms. The monoisotopic (exact) mass is 315 g/mol. The Morgan fingerprint density at radius 2 is 2.27 bits per heavy atom. The normalized spacial score (nSPS) is 18.7. The van der Waals surface area contributed by atoms with Crippen LogP contribution in [0.4, 0.5) is 5.82 Å². The topological polar surface area (TPSA) is 67.9 Å². The number of hydrogen-bond donors (Lipinski definition) is 0. The van der Waals surface area contributed by atoms with Crippen LogP contribution in [0, 0.1) is 0 Å². The van der Waals surface area contributed by atoms with E-state index in [1.54, 1.807) is 17.7 Å². The average molecular weight is 315 g/mol. The zero-order valence-corrected chi connectivity index (χ0v) is 13.4. The van der Waals surface area contributed by atoms with Gasteiger partial charge in [0.25, 0.3) is 0 Å². The molecule has 22 heavy (non-hydrogen) atoms. The second-order valence-electron chi connectivity index (χ2n) is 5.83. The van der Waals surface area contributed by atoms with Crippen molar-refractivity contribution in [2.45, 2.75) is 38.6 Å². The smallest absolute Gasteiger partial charge is 0.229 e. The number of aromatic nitrogens is 4. The lowest BCUT2D eigenvalue weighted by Crippen LogP contribution is -2.24. The summed E-state index contributed by atoms with van der Waals surface area (Å²) in [7, 11) is 0. The molecule has 4 rings (SSSR count). The van der Waals surface area contributed by atoms with Crippen molar-refractivity contribution in [1.82, 2.24) is 20.1 Å². The summed E-state index contributed by atoms with van der Waals surface area (Å²) >= 11 is 1.64. The molecule has 0 N–H and O–H groups in total. The fraction of sp³-hybridized carbons (Fsp3) is 0.467. The largest absolute Gasteiger partial charge is 0.346 e. The van der Waals surface area contributed by atoms with Crippen molar-refractivity contribution in [3.05, 3.63) is 29.5 Å². The minimum Gasteiger partial charge on any atom is -0.346 e. The maximum atomic E-state index is 5.38. The van der Waals surface area contributed by atoms with E-state index in [2.05, 4.69) is 50.3 Å². The van der Waals surface area contributed by atoms with E-state index in [9.17, 15) is 0 Å². The Morgan fingerprint density at radius 3 is 3.09 bits per heavy atom. The lowest BCUT2D eigenvalue weighted by atomic mass is 10.2. The zero-order valence-electron chi connectivity index (χ0n) is 12.6. The standard InChI is InChI=1S/C15H17N5OS/c1-9(2)14-18-12(19-21-14)11-4-3-6-20(11)13-10-5-7-22-15(10)17-8-16-13/h5,7-9,11H,3-4,6H2,1-2H3/t11-/m0/s1. The van der Waals surface area contributed by atoms with Crippen molar-refractivity contribution in [2.75, 3.05) is 11.4 Å². The third-order valence-corrected chi connectivity index (χ3v) is 4.84. The molecular weight excluding hydrogens is 298 g/mol. The van der Waals surface area contributed by atoms with Gasteiger partial charge in [0.1, 0.15) is 17.0 Å². The van der Waals surface area contributed by atoms with Gasteiger partial charge in [-0.15, -0.1) is 11.3 Å². The molecule has 6 nitrogen and oxygen atoms in total. The van der Waals surface area contributed by atoms with Crippen molar-refractivity contribution in [1.29, 1.82) is 0 Å². The second-order valence-corrected chi connectivity index (χ2v) is 6.73. The molecule has 1 saturated heterocycles. The lowest BCUT2D eigenvalue weighted by Gasteiger charge is -2.23. The first-order chi connectivity index (χ1) is 10.7. The van der Waals surface area contributed by atoms with Crippen LogP contribution in [0.25, 0.3) is 10.2 Å². The summed E-state index contributed by atoms with van der Waals surface area (Å²) in [5.41, 5.74) is 0. The van der Waals surface area contributed by atoms with Crippen LogP contribution in [0.2, 0.25) is 0 Å². The summed E-state index contributed by atoms with van der Waals surface area (Å²) in [6.45, 7) is 5.07. The van der Waals surface area contributed by atoms with Crippen molar-refractivity contribution in [3.63, 3.8) is 0 Å². The highest BCUT2D eigenvalue weighted by Gasteiger charge is 2.32. The fourth-order valence-electron chi connectivity index (χ4n) is 2.91. The first-order valence-corrected chi connectivity index (χ1v) is 8.40. The Hall–Kier alpha value is -2.02. The van der Waals surface area contributed by atoms with Crippen molar-refractivity contribution in [2.24, 2.45) is 0 Å². The number of thiophene rings is 1. The van der Waals surface area contributed by atoms with Crippen LogP contribution >= 0.6 is 11.3 Å². The molecule has 0 unspecified atom stereocenters. The van der Waals surface area contributed by atoms with Gasteiger partial charge in [0.15, 0.2) is 5.82 Å². The Balaban J connectivity index is 1.72. The molecule has 1 atom stereocenters. The molecule has 114 valence electrons. The molecule has 0 amide bonds. The molecule has 0 spiro atoms. The van der Waals surface area contributed by atoms with E-state index >= 15 is 0 Å². The number of rotatable bonds is 3. The van der Waals surface area contributed by atoms with Gasteiger partial charge in [0, 0.05) is 12.5 Å². The van der Waals surface area contributed by atoms with E-state index in [-0.39, 0.29) is 12.0 Å². The Labute approximate surface area is 132 Å². The van der Waals surface area contributed by atoms with Gasteiger partial charge < -0.3 is 9.42 Å². The summed E-state index contributed by atoms with van der Waals surface area (Å²) in [5.74, 6) is 2.69. The van der Waals surface area contributed by atoms with Gasteiger partial charge in [-0.1, -0.05) is 19.0 Å². The minimum atomic E-state index is 0.134. The number of fused-ring (bicyclic) bond motifs is 1. The molecule has 0 aliphatic carbocycles. The van der Waals surface area contributed by atoms with Crippen LogP contribution < -0.4 is 4.90 Å². The minimum absolute atomic E-state index is 0.134. The predicted octanol–water partition coefficient (Wildman–Crippen LogP) is 3.54. The van der Waals surface area contributed by atoms with Gasteiger partial charge in [0.2, 0.25) is 5.89 Å². The van der Waals surface area contributed by atoms with Gasteiger partial charge in [0.05, 0.1) is 11.4 Å². The van der Waals surface area contributed by atoms with Crippen LogP contribution in [0.15, 0.2) is 22.3 Å².